The Hall–Kier alpha value is -1.42. The van der Waals surface area contributed by atoms with E-state index in [1.54, 1.807) is 17.4 Å². The van der Waals surface area contributed by atoms with E-state index in [1.807, 2.05) is 37.4 Å². The van der Waals surface area contributed by atoms with Gasteiger partial charge in [-0.2, -0.15) is 0 Å². The van der Waals surface area contributed by atoms with Gasteiger partial charge >= 0.3 is 0 Å². The highest BCUT2D eigenvalue weighted by Crippen LogP contribution is 2.32. The highest BCUT2D eigenvalue weighted by atomic mass is 35.5. The molecular formula is C17H15ClFNS. The summed E-state index contributed by atoms with van der Waals surface area (Å²) >= 11 is 7.56. The summed E-state index contributed by atoms with van der Waals surface area (Å²) in [4.78, 5) is 1.22. The summed E-state index contributed by atoms with van der Waals surface area (Å²) < 4.78 is 14.3. The molecule has 1 atom stereocenters. The molecule has 0 aliphatic heterocycles. The van der Waals surface area contributed by atoms with Crippen LogP contribution in [0.15, 0.2) is 48.5 Å². The minimum absolute atomic E-state index is 0.186. The SMILES string of the molecule is CNC(Cc1ccc(Cl)cc1)c1cc2ccc(F)cc2s1. The fraction of sp³-hybridized carbons (Fsp3) is 0.176. The summed E-state index contributed by atoms with van der Waals surface area (Å²) in [6.07, 6.45) is 0.878. The molecule has 0 fully saturated rings. The third-order valence-electron chi connectivity index (χ3n) is 3.55. The first-order chi connectivity index (χ1) is 10.2. The van der Waals surface area contributed by atoms with Crippen molar-refractivity contribution >= 4 is 33.0 Å². The molecule has 4 heteroatoms. The zero-order chi connectivity index (χ0) is 14.8. The minimum Gasteiger partial charge on any atom is -0.312 e. The number of hydrogen-bond acceptors (Lipinski definition) is 2. The topological polar surface area (TPSA) is 12.0 Å². The number of likely N-dealkylation sites (N-methyl/N-ethyl adjacent to an activating group) is 1. The van der Waals surface area contributed by atoms with Crippen molar-refractivity contribution in [2.75, 3.05) is 7.05 Å². The number of fused-ring (bicyclic) bond motifs is 1. The van der Waals surface area contributed by atoms with Crippen molar-refractivity contribution in [1.82, 2.24) is 5.32 Å². The molecule has 2 aromatic carbocycles. The highest BCUT2D eigenvalue weighted by Gasteiger charge is 2.14. The largest absolute Gasteiger partial charge is 0.312 e. The maximum absolute atomic E-state index is 13.3. The quantitative estimate of drug-likeness (QED) is 0.697. The van der Waals surface area contributed by atoms with Gasteiger partial charge < -0.3 is 5.32 Å². The van der Waals surface area contributed by atoms with Crippen LogP contribution < -0.4 is 5.32 Å². The van der Waals surface area contributed by atoms with Crippen molar-refractivity contribution < 1.29 is 4.39 Å². The zero-order valence-electron chi connectivity index (χ0n) is 11.6. The van der Waals surface area contributed by atoms with Gasteiger partial charge in [-0.3, -0.25) is 0 Å². The molecule has 0 aliphatic carbocycles. The molecule has 0 saturated carbocycles. The Kier molecular flexibility index (Phi) is 4.24. The molecule has 1 unspecified atom stereocenters. The van der Waals surface area contributed by atoms with Gasteiger partial charge in [0.15, 0.2) is 0 Å². The van der Waals surface area contributed by atoms with Crippen molar-refractivity contribution in [2.45, 2.75) is 12.5 Å². The lowest BCUT2D eigenvalue weighted by molar-refractivity contribution is 0.602. The van der Waals surface area contributed by atoms with E-state index in [9.17, 15) is 4.39 Å². The number of nitrogens with one attached hydrogen (secondary N) is 1. The van der Waals surface area contributed by atoms with Gasteiger partial charge in [-0.25, -0.2) is 4.39 Å². The molecule has 21 heavy (non-hydrogen) atoms. The predicted molar refractivity (Wildman–Crippen MR) is 88.7 cm³/mol. The van der Waals surface area contributed by atoms with Gasteiger partial charge in [0.1, 0.15) is 5.82 Å². The second kappa shape index (κ2) is 6.14. The first-order valence-electron chi connectivity index (χ1n) is 6.76. The van der Waals surface area contributed by atoms with Crippen molar-refractivity contribution in [1.29, 1.82) is 0 Å². The molecule has 1 nitrogen and oxygen atoms in total. The summed E-state index contributed by atoms with van der Waals surface area (Å²) in [5.74, 6) is -0.186. The van der Waals surface area contributed by atoms with Gasteiger partial charge in [-0.15, -0.1) is 11.3 Å². The Labute approximate surface area is 132 Å². The van der Waals surface area contributed by atoms with Gasteiger partial charge in [0.2, 0.25) is 0 Å². The highest BCUT2D eigenvalue weighted by molar-refractivity contribution is 7.19. The smallest absolute Gasteiger partial charge is 0.124 e. The number of halogens is 2. The maximum atomic E-state index is 13.3. The fourth-order valence-corrected chi connectivity index (χ4v) is 3.72. The number of benzene rings is 2. The molecular weight excluding hydrogens is 305 g/mol. The average Bonchev–Trinajstić information content (AvgIpc) is 2.89. The summed E-state index contributed by atoms with van der Waals surface area (Å²) in [6, 6.07) is 15.2. The summed E-state index contributed by atoms with van der Waals surface area (Å²) in [7, 11) is 1.95. The first kappa shape index (κ1) is 14.5. The van der Waals surface area contributed by atoms with Gasteiger partial charge in [-0.05, 0) is 54.8 Å². The molecule has 3 rings (SSSR count). The lowest BCUT2D eigenvalue weighted by atomic mass is 10.0. The van der Waals surface area contributed by atoms with E-state index in [2.05, 4.69) is 11.4 Å². The van der Waals surface area contributed by atoms with Crippen LogP contribution in [0.1, 0.15) is 16.5 Å². The summed E-state index contributed by atoms with van der Waals surface area (Å²) in [5.41, 5.74) is 1.22. The van der Waals surface area contributed by atoms with Crippen LogP contribution in [0, 0.1) is 5.82 Å². The van der Waals surface area contributed by atoms with Crippen LogP contribution in [0.2, 0.25) is 5.02 Å². The molecule has 1 heterocycles. The standard InChI is InChI=1S/C17H15ClFNS/c1-20-15(8-11-2-5-13(18)6-3-11)17-9-12-4-7-14(19)10-16(12)21-17/h2-7,9-10,15,20H,8H2,1H3. The Morgan fingerprint density at radius 2 is 1.90 bits per heavy atom. The molecule has 0 bridgehead atoms. The number of rotatable bonds is 4. The van der Waals surface area contributed by atoms with Gasteiger partial charge in [0.25, 0.3) is 0 Å². The zero-order valence-corrected chi connectivity index (χ0v) is 13.1. The van der Waals surface area contributed by atoms with Crippen LogP contribution in [0.25, 0.3) is 10.1 Å². The second-order valence-electron chi connectivity index (χ2n) is 5.00. The van der Waals surface area contributed by atoms with E-state index < -0.39 is 0 Å². The lowest BCUT2D eigenvalue weighted by Crippen LogP contribution is -2.17. The van der Waals surface area contributed by atoms with Crippen LogP contribution in [-0.4, -0.2) is 7.05 Å². The Bertz CT molecular complexity index is 751. The molecule has 0 aliphatic rings. The van der Waals surface area contributed by atoms with Crippen LogP contribution in [0.5, 0.6) is 0 Å². The van der Waals surface area contributed by atoms with Crippen LogP contribution in [0.4, 0.5) is 4.39 Å². The van der Waals surface area contributed by atoms with Crippen molar-refractivity contribution in [2.24, 2.45) is 0 Å². The van der Waals surface area contributed by atoms with E-state index >= 15 is 0 Å². The Morgan fingerprint density at radius 1 is 1.14 bits per heavy atom. The van der Waals surface area contributed by atoms with Crippen LogP contribution >= 0.6 is 22.9 Å². The molecule has 108 valence electrons. The molecule has 0 amide bonds. The third kappa shape index (κ3) is 3.26. The molecule has 0 radical (unpaired) electrons. The van der Waals surface area contributed by atoms with Gasteiger partial charge in [-0.1, -0.05) is 29.8 Å². The Balaban J connectivity index is 1.88. The van der Waals surface area contributed by atoms with Crippen LogP contribution in [-0.2, 0) is 6.42 Å². The fourth-order valence-electron chi connectivity index (χ4n) is 2.40. The monoisotopic (exact) mass is 319 g/mol. The van der Waals surface area contributed by atoms with Crippen molar-refractivity contribution in [3.05, 3.63) is 69.8 Å². The van der Waals surface area contributed by atoms with Crippen molar-refractivity contribution in [3.63, 3.8) is 0 Å². The second-order valence-corrected chi connectivity index (χ2v) is 6.55. The van der Waals surface area contributed by atoms with Gasteiger partial charge in [0.05, 0.1) is 0 Å². The first-order valence-corrected chi connectivity index (χ1v) is 7.96. The molecule has 3 aromatic rings. The van der Waals surface area contributed by atoms with E-state index in [0.717, 1.165) is 21.5 Å². The summed E-state index contributed by atoms with van der Waals surface area (Å²) in [5, 5.41) is 5.18. The van der Waals surface area contributed by atoms with Crippen LogP contribution in [0.3, 0.4) is 0 Å². The predicted octanol–water partition coefficient (Wildman–Crippen LogP) is 5.20. The lowest BCUT2D eigenvalue weighted by Gasteiger charge is -2.14. The van der Waals surface area contributed by atoms with E-state index in [1.165, 1.54) is 16.5 Å². The third-order valence-corrected chi connectivity index (χ3v) is 5.01. The van der Waals surface area contributed by atoms with Crippen molar-refractivity contribution in [3.8, 4) is 0 Å². The average molecular weight is 320 g/mol. The van der Waals surface area contributed by atoms with E-state index in [0.29, 0.717) is 0 Å². The molecule has 1 aromatic heterocycles. The normalized spacial score (nSPS) is 12.7. The minimum atomic E-state index is -0.186. The van der Waals surface area contributed by atoms with Gasteiger partial charge in [0, 0.05) is 20.6 Å². The van der Waals surface area contributed by atoms with E-state index in [-0.39, 0.29) is 11.9 Å². The maximum Gasteiger partial charge on any atom is 0.124 e. The number of hydrogen-bond donors (Lipinski definition) is 1. The number of thiophene rings is 1. The Morgan fingerprint density at radius 3 is 2.62 bits per heavy atom. The molecule has 1 N–H and O–H groups in total. The molecule has 0 spiro atoms. The molecule has 0 saturated heterocycles. The van der Waals surface area contributed by atoms with E-state index in [4.69, 9.17) is 11.6 Å². The summed E-state index contributed by atoms with van der Waals surface area (Å²) in [6.45, 7) is 0.